The molecule has 0 bridgehead atoms. The van der Waals surface area contributed by atoms with Crippen LogP contribution in [0.25, 0.3) is 10.8 Å². The van der Waals surface area contributed by atoms with Crippen molar-refractivity contribution in [2.45, 2.75) is 45.1 Å². The van der Waals surface area contributed by atoms with Crippen LogP contribution in [0.2, 0.25) is 0 Å². The normalized spacial score (nSPS) is 17.7. The summed E-state index contributed by atoms with van der Waals surface area (Å²) in [6.45, 7) is 6.25. The fraction of sp³-hybridized carbons (Fsp3) is 0.667. The third-order valence-corrected chi connectivity index (χ3v) is 3.98. The summed E-state index contributed by atoms with van der Waals surface area (Å²) in [7, 11) is 0. The standard InChI is InChI=1S/C12H17N5OS/c1-12(2,3)9-8(19-17-15-9)11-14-10(16-18-11)7(13)6-4-5-6/h6-7H,4-5,13H2,1-3H3. The average molecular weight is 279 g/mol. The Morgan fingerprint density at radius 3 is 2.74 bits per heavy atom. The van der Waals surface area contributed by atoms with Gasteiger partial charge in [-0.2, -0.15) is 4.98 Å². The van der Waals surface area contributed by atoms with Crippen molar-refractivity contribution in [2.75, 3.05) is 0 Å². The number of rotatable bonds is 3. The van der Waals surface area contributed by atoms with E-state index in [9.17, 15) is 0 Å². The highest BCUT2D eigenvalue weighted by Gasteiger charge is 2.33. The van der Waals surface area contributed by atoms with Crippen LogP contribution in [-0.4, -0.2) is 19.7 Å². The second-order valence-electron chi connectivity index (χ2n) is 6.02. The summed E-state index contributed by atoms with van der Waals surface area (Å²) in [5.41, 5.74) is 6.86. The second kappa shape index (κ2) is 4.35. The van der Waals surface area contributed by atoms with Gasteiger partial charge in [0.1, 0.15) is 4.88 Å². The lowest BCUT2D eigenvalue weighted by Crippen LogP contribution is -2.14. The summed E-state index contributed by atoms with van der Waals surface area (Å²) in [5, 5.41) is 8.17. The first-order valence-electron chi connectivity index (χ1n) is 6.39. The van der Waals surface area contributed by atoms with Gasteiger partial charge in [-0.15, -0.1) is 5.10 Å². The van der Waals surface area contributed by atoms with Crippen molar-refractivity contribution in [3.05, 3.63) is 11.5 Å². The van der Waals surface area contributed by atoms with Crippen LogP contribution in [0.3, 0.4) is 0 Å². The lowest BCUT2D eigenvalue weighted by Gasteiger charge is -2.14. The zero-order chi connectivity index (χ0) is 13.6. The van der Waals surface area contributed by atoms with Crippen molar-refractivity contribution in [1.82, 2.24) is 19.7 Å². The molecular formula is C12H17N5OS. The number of nitrogens with zero attached hydrogens (tertiary/aromatic N) is 4. The van der Waals surface area contributed by atoms with E-state index in [2.05, 4.69) is 40.5 Å². The maximum Gasteiger partial charge on any atom is 0.271 e. The van der Waals surface area contributed by atoms with E-state index in [1.54, 1.807) is 0 Å². The van der Waals surface area contributed by atoms with Crippen LogP contribution < -0.4 is 5.73 Å². The minimum absolute atomic E-state index is 0.102. The molecule has 7 heteroatoms. The van der Waals surface area contributed by atoms with Gasteiger partial charge in [0, 0.05) is 5.41 Å². The first kappa shape index (κ1) is 12.7. The minimum atomic E-state index is -0.114. The summed E-state index contributed by atoms with van der Waals surface area (Å²) in [6, 6.07) is -0.114. The lowest BCUT2D eigenvalue weighted by atomic mass is 9.91. The van der Waals surface area contributed by atoms with Gasteiger partial charge in [-0.05, 0) is 30.3 Å². The molecule has 0 aliphatic heterocycles. The zero-order valence-electron chi connectivity index (χ0n) is 11.3. The molecule has 0 spiro atoms. The average Bonchev–Trinajstić information content (AvgIpc) is 2.89. The maximum atomic E-state index is 6.08. The van der Waals surface area contributed by atoms with Crippen molar-refractivity contribution in [1.29, 1.82) is 0 Å². The predicted octanol–water partition coefficient (Wildman–Crippen LogP) is 2.30. The van der Waals surface area contributed by atoms with E-state index >= 15 is 0 Å². The van der Waals surface area contributed by atoms with Gasteiger partial charge >= 0.3 is 0 Å². The largest absolute Gasteiger partial charge is 0.333 e. The Morgan fingerprint density at radius 2 is 2.11 bits per heavy atom. The van der Waals surface area contributed by atoms with Crippen LogP contribution in [0, 0.1) is 5.92 Å². The predicted molar refractivity (Wildman–Crippen MR) is 71.6 cm³/mol. The molecule has 2 heterocycles. The Morgan fingerprint density at radius 1 is 1.37 bits per heavy atom. The molecule has 1 saturated carbocycles. The fourth-order valence-electron chi connectivity index (χ4n) is 1.95. The molecule has 1 unspecified atom stereocenters. The summed E-state index contributed by atoms with van der Waals surface area (Å²) in [5.74, 6) is 1.57. The SMILES string of the molecule is CC(C)(C)c1nnsc1-c1nc(C(N)C2CC2)no1. The molecule has 102 valence electrons. The molecule has 0 saturated heterocycles. The maximum absolute atomic E-state index is 6.08. The van der Waals surface area contributed by atoms with Crippen molar-refractivity contribution in [3.63, 3.8) is 0 Å². The third-order valence-electron chi connectivity index (χ3n) is 3.26. The minimum Gasteiger partial charge on any atom is -0.333 e. The van der Waals surface area contributed by atoms with Gasteiger partial charge in [0.25, 0.3) is 5.89 Å². The van der Waals surface area contributed by atoms with E-state index in [1.807, 2.05) is 0 Å². The molecular weight excluding hydrogens is 262 g/mol. The molecule has 0 radical (unpaired) electrons. The Bertz CT molecular complexity index is 581. The summed E-state index contributed by atoms with van der Waals surface area (Å²) in [6.07, 6.45) is 2.31. The topological polar surface area (TPSA) is 90.7 Å². The fourth-order valence-corrected chi connectivity index (χ4v) is 2.75. The number of aromatic nitrogens is 4. The lowest BCUT2D eigenvalue weighted by molar-refractivity contribution is 0.411. The molecule has 3 rings (SSSR count). The Hall–Kier alpha value is -1.34. The highest BCUT2D eigenvalue weighted by atomic mass is 32.1. The third kappa shape index (κ3) is 2.40. The van der Waals surface area contributed by atoms with Gasteiger partial charge in [0.2, 0.25) is 0 Å². The summed E-state index contributed by atoms with van der Waals surface area (Å²) >= 11 is 1.28. The second-order valence-corrected chi connectivity index (χ2v) is 6.78. The van der Waals surface area contributed by atoms with E-state index in [4.69, 9.17) is 10.3 Å². The first-order chi connectivity index (χ1) is 8.97. The van der Waals surface area contributed by atoms with E-state index < -0.39 is 0 Å². The number of hydrogen-bond donors (Lipinski definition) is 1. The molecule has 19 heavy (non-hydrogen) atoms. The molecule has 2 aromatic rings. The van der Waals surface area contributed by atoms with Gasteiger partial charge in [0.15, 0.2) is 5.82 Å². The Balaban J connectivity index is 1.92. The van der Waals surface area contributed by atoms with Crippen LogP contribution in [0.1, 0.15) is 51.2 Å². The van der Waals surface area contributed by atoms with Gasteiger partial charge in [-0.3, -0.25) is 0 Å². The Labute approximate surface area is 115 Å². The van der Waals surface area contributed by atoms with Gasteiger partial charge in [-0.1, -0.05) is 30.4 Å². The summed E-state index contributed by atoms with van der Waals surface area (Å²) in [4.78, 5) is 5.26. The van der Waals surface area contributed by atoms with Crippen LogP contribution in [-0.2, 0) is 5.41 Å². The van der Waals surface area contributed by atoms with Crippen LogP contribution in [0.4, 0.5) is 0 Å². The highest BCUT2D eigenvalue weighted by Crippen LogP contribution is 2.39. The summed E-state index contributed by atoms with van der Waals surface area (Å²) < 4.78 is 9.33. The molecule has 1 fully saturated rings. The van der Waals surface area contributed by atoms with Crippen LogP contribution in [0.5, 0.6) is 0 Å². The quantitative estimate of drug-likeness (QED) is 0.927. The molecule has 1 aliphatic carbocycles. The van der Waals surface area contributed by atoms with Gasteiger partial charge in [-0.25, -0.2) is 0 Å². The van der Waals surface area contributed by atoms with Crippen molar-refractivity contribution in [2.24, 2.45) is 11.7 Å². The zero-order valence-corrected chi connectivity index (χ0v) is 12.1. The number of nitrogens with two attached hydrogens (primary N) is 1. The molecule has 1 atom stereocenters. The molecule has 2 N–H and O–H groups in total. The molecule has 0 aromatic carbocycles. The Kier molecular flexibility index (Phi) is 2.90. The van der Waals surface area contributed by atoms with Crippen molar-refractivity contribution in [3.8, 4) is 10.8 Å². The molecule has 6 nitrogen and oxygen atoms in total. The van der Waals surface area contributed by atoms with Crippen LogP contribution in [0.15, 0.2) is 4.52 Å². The van der Waals surface area contributed by atoms with Gasteiger partial charge < -0.3 is 10.3 Å². The van der Waals surface area contributed by atoms with Crippen molar-refractivity contribution >= 4 is 11.5 Å². The van der Waals surface area contributed by atoms with Crippen LogP contribution >= 0.6 is 11.5 Å². The highest BCUT2D eigenvalue weighted by molar-refractivity contribution is 7.09. The molecule has 1 aliphatic rings. The van der Waals surface area contributed by atoms with Crippen molar-refractivity contribution < 1.29 is 4.52 Å². The van der Waals surface area contributed by atoms with E-state index in [0.717, 1.165) is 23.4 Å². The monoisotopic (exact) mass is 279 g/mol. The van der Waals surface area contributed by atoms with E-state index in [1.165, 1.54) is 11.5 Å². The molecule has 2 aromatic heterocycles. The first-order valence-corrected chi connectivity index (χ1v) is 7.16. The van der Waals surface area contributed by atoms with E-state index in [0.29, 0.717) is 17.6 Å². The number of hydrogen-bond acceptors (Lipinski definition) is 7. The van der Waals surface area contributed by atoms with E-state index in [-0.39, 0.29) is 11.5 Å². The van der Waals surface area contributed by atoms with Gasteiger partial charge in [0.05, 0.1) is 11.7 Å². The smallest absolute Gasteiger partial charge is 0.271 e. The molecule has 0 amide bonds.